The van der Waals surface area contributed by atoms with Crippen LogP contribution in [0.15, 0.2) is 12.1 Å². The van der Waals surface area contributed by atoms with E-state index in [1.807, 2.05) is 13.8 Å². The molecule has 21 heavy (non-hydrogen) atoms. The van der Waals surface area contributed by atoms with Gasteiger partial charge in [0, 0.05) is 32.1 Å². The number of amides is 1. The van der Waals surface area contributed by atoms with Crippen LogP contribution in [0.25, 0.3) is 0 Å². The molecule has 0 unspecified atom stereocenters. The first kappa shape index (κ1) is 16.6. The first-order valence-electron chi connectivity index (χ1n) is 6.67. The maximum absolute atomic E-state index is 11.8. The van der Waals surface area contributed by atoms with Crippen molar-refractivity contribution in [3.05, 3.63) is 22.2 Å². The highest BCUT2D eigenvalue weighted by atomic mass is 16.6. The van der Waals surface area contributed by atoms with Crippen LogP contribution in [0.3, 0.4) is 0 Å². The summed E-state index contributed by atoms with van der Waals surface area (Å²) >= 11 is 0. The van der Waals surface area contributed by atoms with Crippen molar-refractivity contribution in [2.24, 2.45) is 5.84 Å². The van der Waals surface area contributed by atoms with Crippen molar-refractivity contribution in [1.29, 1.82) is 0 Å². The highest BCUT2D eigenvalue weighted by Gasteiger charge is 2.16. The maximum Gasteiger partial charge on any atom is 0.311 e. The van der Waals surface area contributed by atoms with Crippen LogP contribution in [-0.2, 0) is 4.79 Å². The van der Waals surface area contributed by atoms with Crippen molar-refractivity contribution in [3.8, 4) is 0 Å². The topological polar surface area (TPSA) is 126 Å². The number of carbonyl (C=O) groups excluding carboxylic acids is 1. The number of nitrogens with two attached hydrogens (primary N) is 1. The predicted molar refractivity (Wildman–Crippen MR) is 79.7 cm³/mol. The molecule has 1 rings (SSSR count). The molecule has 1 heterocycles. The fraction of sp³-hybridized carbons (Fsp3) is 0.500. The molecule has 0 aliphatic rings. The van der Waals surface area contributed by atoms with E-state index in [2.05, 4.69) is 15.7 Å². The van der Waals surface area contributed by atoms with Gasteiger partial charge in [0.25, 0.3) is 0 Å². The second-order valence-corrected chi connectivity index (χ2v) is 4.21. The van der Waals surface area contributed by atoms with E-state index in [1.54, 1.807) is 4.90 Å². The molecular formula is C12H20N6O3. The molecule has 0 bridgehead atoms. The van der Waals surface area contributed by atoms with Crippen molar-refractivity contribution >= 4 is 23.2 Å². The number of hydrazine groups is 1. The third kappa shape index (κ3) is 4.56. The van der Waals surface area contributed by atoms with Crippen LogP contribution in [0, 0.1) is 10.1 Å². The van der Waals surface area contributed by atoms with Gasteiger partial charge in [0.05, 0.1) is 4.92 Å². The summed E-state index contributed by atoms with van der Waals surface area (Å²) in [7, 11) is 0. The Morgan fingerprint density at radius 2 is 2.10 bits per heavy atom. The molecule has 0 saturated carbocycles. The Kier molecular flexibility index (Phi) is 6.34. The number of nitrogens with one attached hydrogen (secondary N) is 2. The van der Waals surface area contributed by atoms with Crippen LogP contribution in [0.5, 0.6) is 0 Å². The van der Waals surface area contributed by atoms with Gasteiger partial charge in [0.15, 0.2) is 0 Å². The summed E-state index contributed by atoms with van der Waals surface area (Å²) in [4.78, 5) is 27.9. The third-order valence-corrected chi connectivity index (χ3v) is 2.97. The lowest BCUT2D eigenvalue weighted by Gasteiger charge is -2.18. The van der Waals surface area contributed by atoms with Gasteiger partial charge in [-0.3, -0.25) is 14.9 Å². The van der Waals surface area contributed by atoms with Gasteiger partial charge < -0.3 is 15.6 Å². The summed E-state index contributed by atoms with van der Waals surface area (Å²) in [6.07, 6.45) is 0.237. The fourth-order valence-corrected chi connectivity index (χ4v) is 1.83. The summed E-state index contributed by atoms with van der Waals surface area (Å²) in [5.74, 6) is 5.61. The van der Waals surface area contributed by atoms with Crippen molar-refractivity contribution in [1.82, 2.24) is 9.88 Å². The third-order valence-electron chi connectivity index (χ3n) is 2.97. The molecule has 116 valence electrons. The van der Waals surface area contributed by atoms with Gasteiger partial charge in [0.1, 0.15) is 5.82 Å². The molecule has 0 aliphatic heterocycles. The average Bonchev–Trinajstić information content (AvgIpc) is 2.48. The molecule has 0 saturated heterocycles. The smallest absolute Gasteiger partial charge is 0.311 e. The van der Waals surface area contributed by atoms with Gasteiger partial charge >= 0.3 is 5.69 Å². The first-order valence-corrected chi connectivity index (χ1v) is 6.67. The Bertz CT molecular complexity index is 504. The van der Waals surface area contributed by atoms with Crippen LogP contribution in [0.1, 0.15) is 20.3 Å². The molecule has 0 aromatic carbocycles. The summed E-state index contributed by atoms with van der Waals surface area (Å²) in [6, 6.07) is 2.71. The average molecular weight is 296 g/mol. The number of anilines is 2. The van der Waals surface area contributed by atoms with Gasteiger partial charge in [0.2, 0.25) is 11.7 Å². The van der Waals surface area contributed by atoms with Gasteiger partial charge in [-0.2, -0.15) is 0 Å². The van der Waals surface area contributed by atoms with E-state index < -0.39 is 4.92 Å². The second kappa shape index (κ2) is 8.00. The standard InChI is InChI=1S/C12H20N6O3/c1-3-17(4-2)11(19)7-8-14-12-9(18(20)21)5-6-10(15-12)16-13/h5-6H,3-4,7-8,13H2,1-2H3,(H2,14,15,16). The number of nitrogen functional groups attached to an aromatic ring is 1. The number of pyridine rings is 1. The Balaban J connectivity index is 2.70. The Morgan fingerprint density at radius 3 is 2.62 bits per heavy atom. The number of hydrogen-bond acceptors (Lipinski definition) is 7. The van der Waals surface area contributed by atoms with E-state index in [0.717, 1.165) is 0 Å². The SMILES string of the molecule is CCN(CC)C(=O)CCNc1nc(NN)ccc1[N+](=O)[O-]. The number of hydrogen-bond donors (Lipinski definition) is 3. The molecule has 1 aromatic rings. The van der Waals surface area contributed by atoms with Crippen molar-refractivity contribution in [2.45, 2.75) is 20.3 Å². The maximum atomic E-state index is 11.8. The van der Waals surface area contributed by atoms with Crippen molar-refractivity contribution < 1.29 is 9.72 Å². The molecule has 1 aromatic heterocycles. The lowest BCUT2D eigenvalue weighted by atomic mass is 10.3. The largest absolute Gasteiger partial charge is 0.364 e. The molecule has 0 fully saturated rings. The predicted octanol–water partition coefficient (Wildman–Crippen LogP) is 0.946. The van der Waals surface area contributed by atoms with Crippen LogP contribution >= 0.6 is 0 Å². The lowest BCUT2D eigenvalue weighted by molar-refractivity contribution is -0.384. The van der Waals surface area contributed by atoms with Gasteiger partial charge in [-0.1, -0.05) is 0 Å². The number of aromatic nitrogens is 1. The van der Waals surface area contributed by atoms with Crippen LogP contribution in [-0.4, -0.2) is 40.3 Å². The van der Waals surface area contributed by atoms with E-state index >= 15 is 0 Å². The molecule has 0 atom stereocenters. The molecule has 1 amide bonds. The number of nitro groups is 1. The van der Waals surface area contributed by atoms with Gasteiger partial charge in [-0.25, -0.2) is 10.8 Å². The quantitative estimate of drug-likeness (QED) is 0.370. The molecule has 4 N–H and O–H groups in total. The highest BCUT2D eigenvalue weighted by Crippen LogP contribution is 2.23. The molecule has 9 heteroatoms. The molecule has 0 aliphatic carbocycles. The zero-order valence-electron chi connectivity index (χ0n) is 12.1. The second-order valence-electron chi connectivity index (χ2n) is 4.21. The Hall–Kier alpha value is -2.42. The normalized spacial score (nSPS) is 10.0. The van der Waals surface area contributed by atoms with Crippen LogP contribution in [0.2, 0.25) is 0 Å². The highest BCUT2D eigenvalue weighted by molar-refractivity contribution is 5.76. The zero-order chi connectivity index (χ0) is 15.8. The molecular weight excluding hydrogens is 276 g/mol. The zero-order valence-corrected chi connectivity index (χ0v) is 12.1. The van der Waals surface area contributed by atoms with Gasteiger partial charge in [-0.15, -0.1) is 0 Å². The van der Waals surface area contributed by atoms with E-state index in [-0.39, 0.29) is 30.4 Å². The van der Waals surface area contributed by atoms with Gasteiger partial charge in [-0.05, 0) is 19.9 Å². The van der Waals surface area contributed by atoms with E-state index in [9.17, 15) is 14.9 Å². The number of carbonyl (C=O) groups is 1. The van der Waals surface area contributed by atoms with Crippen molar-refractivity contribution in [3.63, 3.8) is 0 Å². The van der Waals surface area contributed by atoms with E-state index in [1.165, 1.54) is 12.1 Å². The van der Waals surface area contributed by atoms with Crippen LogP contribution < -0.4 is 16.6 Å². The summed E-state index contributed by atoms with van der Waals surface area (Å²) in [5, 5.41) is 13.7. The minimum absolute atomic E-state index is 0.0109. The molecule has 0 spiro atoms. The number of rotatable bonds is 8. The Labute approximate surface area is 122 Å². The lowest BCUT2D eigenvalue weighted by Crippen LogP contribution is -2.31. The van der Waals surface area contributed by atoms with Crippen molar-refractivity contribution in [2.75, 3.05) is 30.4 Å². The summed E-state index contributed by atoms with van der Waals surface area (Å²) < 4.78 is 0. The fourth-order valence-electron chi connectivity index (χ4n) is 1.83. The first-order chi connectivity index (χ1) is 10.0. The molecule has 0 radical (unpaired) electrons. The minimum atomic E-state index is -0.540. The summed E-state index contributed by atoms with van der Waals surface area (Å²) in [6.45, 7) is 5.34. The Morgan fingerprint density at radius 1 is 1.43 bits per heavy atom. The van der Waals surface area contributed by atoms with Crippen LogP contribution in [0.4, 0.5) is 17.3 Å². The number of nitrogens with zero attached hydrogens (tertiary/aromatic N) is 3. The van der Waals surface area contributed by atoms with E-state index in [4.69, 9.17) is 5.84 Å². The molecule has 9 nitrogen and oxygen atoms in total. The minimum Gasteiger partial charge on any atom is -0.364 e. The van der Waals surface area contributed by atoms with E-state index in [0.29, 0.717) is 18.9 Å². The summed E-state index contributed by atoms with van der Waals surface area (Å²) in [5.41, 5.74) is 2.16. The monoisotopic (exact) mass is 296 g/mol.